The van der Waals surface area contributed by atoms with Crippen molar-refractivity contribution >= 4 is 21.9 Å². The van der Waals surface area contributed by atoms with E-state index in [0.29, 0.717) is 0 Å². The highest BCUT2D eigenvalue weighted by atomic mass is 79.9. The molecule has 0 aliphatic rings. The van der Waals surface area contributed by atoms with E-state index < -0.39 is 5.97 Å². The summed E-state index contributed by atoms with van der Waals surface area (Å²) in [6, 6.07) is 4.52. The third-order valence-electron chi connectivity index (χ3n) is 1.63. The molecule has 0 spiro atoms. The third-order valence-corrected chi connectivity index (χ3v) is 2.43. The van der Waals surface area contributed by atoms with Crippen LogP contribution in [0.1, 0.15) is 15.9 Å². The van der Waals surface area contributed by atoms with Crippen LogP contribution in [0, 0.1) is 11.3 Å². The van der Waals surface area contributed by atoms with Crippen molar-refractivity contribution in [1.29, 1.82) is 5.26 Å². The van der Waals surface area contributed by atoms with E-state index in [1.807, 2.05) is 6.07 Å². The first-order chi connectivity index (χ1) is 6.61. The van der Waals surface area contributed by atoms with Crippen molar-refractivity contribution < 1.29 is 14.6 Å². The Hall–Kier alpha value is -1.54. The quantitative estimate of drug-likeness (QED) is 0.778. The first-order valence-corrected chi connectivity index (χ1v) is 4.41. The van der Waals surface area contributed by atoms with Crippen LogP contribution in [-0.4, -0.2) is 18.2 Å². The fourth-order valence-electron chi connectivity index (χ4n) is 0.960. The Morgan fingerprint density at radius 3 is 2.79 bits per heavy atom. The molecule has 72 valence electrons. The normalized spacial score (nSPS) is 9.21. The molecule has 0 fully saturated rings. The van der Waals surface area contributed by atoms with Crippen molar-refractivity contribution in [2.24, 2.45) is 0 Å². The maximum Gasteiger partial charge on any atom is 0.340 e. The molecule has 1 aromatic rings. The molecule has 0 radical (unpaired) electrons. The largest absolute Gasteiger partial charge is 0.507 e. The number of esters is 1. The molecule has 0 saturated carbocycles. The van der Waals surface area contributed by atoms with E-state index in [4.69, 9.17) is 5.26 Å². The minimum absolute atomic E-state index is 0.0370. The van der Waals surface area contributed by atoms with Gasteiger partial charge in [-0.1, -0.05) is 0 Å². The number of phenols is 1. The zero-order valence-electron chi connectivity index (χ0n) is 7.24. The summed E-state index contributed by atoms with van der Waals surface area (Å²) in [6.45, 7) is 0. The lowest BCUT2D eigenvalue weighted by atomic mass is 10.1. The van der Waals surface area contributed by atoms with E-state index in [-0.39, 0.29) is 21.3 Å². The van der Waals surface area contributed by atoms with E-state index in [9.17, 15) is 9.90 Å². The molecule has 0 bridgehead atoms. The van der Waals surface area contributed by atoms with Crippen molar-refractivity contribution in [2.75, 3.05) is 7.11 Å². The molecule has 0 aromatic heterocycles. The molecule has 0 aliphatic heterocycles. The molecule has 0 unspecified atom stereocenters. The molecule has 0 aliphatic carbocycles. The highest BCUT2D eigenvalue weighted by Gasteiger charge is 2.18. The predicted octanol–water partition coefficient (Wildman–Crippen LogP) is 1.81. The highest BCUT2D eigenvalue weighted by molar-refractivity contribution is 9.10. The molecule has 1 rings (SSSR count). The van der Waals surface area contributed by atoms with E-state index in [2.05, 4.69) is 20.7 Å². The third kappa shape index (κ3) is 1.70. The molecule has 0 heterocycles. The van der Waals surface area contributed by atoms with Crippen LogP contribution in [0.15, 0.2) is 16.6 Å². The average molecular weight is 256 g/mol. The van der Waals surface area contributed by atoms with Crippen LogP contribution in [-0.2, 0) is 4.74 Å². The Labute approximate surface area is 88.9 Å². The van der Waals surface area contributed by atoms with E-state index in [0.717, 1.165) is 0 Å². The van der Waals surface area contributed by atoms with Gasteiger partial charge in [-0.05, 0) is 28.1 Å². The highest BCUT2D eigenvalue weighted by Crippen LogP contribution is 2.30. The lowest BCUT2D eigenvalue weighted by Gasteiger charge is -2.05. The second-order valence-electron chi connectivity index (χ2n) is 2.42. The van der Waals surface area contributed by atoms with E-state index in [1.54, 1.807) is 0 Å². The van der Waals surface area contributed by atoms with Gasteiger partial charge in [0.2, 0.25) is 0 Å². The number of nitrogens with zero attached hydrogens (tertiary/aromatic N) is 1. The Balaban J connectivity index is 3.45. The SMILES string of the molecule is COC(=O)c1c(C#N)ccc(O)c1Br. The monoisotopic (exact) mass is 255 g/mol. The van der Waals surface area contributed by atoms with E-state index in [1.165, 1.54) is 19.2 Å². The number of aromatic hydroxyl groups is 1. The van der Waals surface area contributed by atoms with Gasteiger partial charge < -0.3 is 9.84 Å². The van der Waals surface area contributed by atoms with E-state index >= 15 is 0 Å². The van der Waals surface area contributed by atoms with Crippen LogP contribution in [0.4, 0.5) is 0 Å². The second kappa shape index (κ2) is 4.11. The molecule has 0 saturated heterocycles. The number of ether oxygens (including phenoxy) is 1. The fraction of sp³-hybridized carbons (Fsp3) is 0.111. The van der Waals surface area contributed by atoms with Gasteiger partial charge in [0.1, 0.15) is 11.8 Å². The van der Waals surface area contributed by atoms with Gasteiger partial charge in [0.15, 0.2) is 0 Å². The van der Waals surface area contributed by atoms with Crippen molar-refractivity contribution in [2.45, 2.75) is 0 Å². The van der Waals surface area contributed by atoms with Crippen LogP contribution in [0.5, 0.6) is 5.75 Å². The first kappa shape index (κ1) is 10.5. The molecular formula is C9H6BrNO3. The Bertz CT molecular complexity index is 423. The lowest BCUT2D eigenvalue weighted by Crippen LogP contribution is -2.05. The van der Waals surface area contributed by atoms with Crippen molar-refractivity contribution in [1.82, 2.24) is 0 Å². The number of benzene rings is 1. The standard InChI is InChI=1S/C9H6BrNO3/c1-14-9(13)7-5(4-11)2-3-6(12)8(7)10/h2-3,12H,1H3. The number of hydrogen-bond donors (Lipinski definition) is 1. The summed E-state index contributed by atoms with van der Waals surface area (Å²) < 4.78 is 4.65. The maximum atomic E-state index is 11.3. The number of phenolic OH excluding ortho intramolecular Hbond substituents is 1. The van der Waals surface area contributed by atoms with Gasteiger partial charge in [0.05, 0.1) is 22.7 Å². The predicted molar refractivity (Wildman–Crippen MR) is 51.9 cm³/mol. The Kier molecular flexibility index (Phi) is 3.10. The lowest BCUT2D eigenvalue weighted by molar-refractivity contribution is 0.0599. The summed E-state index contributed by atoms with van der Waals surface area (Å²) in [6.07, 6.45) is 0. The summed E-state index contributed by atoms with van der Waals surface area (Å²) in [5, 5.41) is 18.0. The van der Waals surface area contributed by atoms with Crippen LogP contribution in [0.3, 0.4) is 0 Å². The summed E-state index contributed by atoms with van der Waals surface area (Å²) >= 11 is 3.01. The van der Waals surface area contributed by atoms with Gasteiger partial charge in [-0.15, -0.1) is 0 Å². The number of methoxy groups -OCH3 is 1. The maximum absolute atomic E-state index is 11.3. The van der Waals surface area contributed by atoms with Crippen molar-refractivity contribution in [3.8, 4) is 11.8 Å². The summed E-state index contributed by atoms with van der Waals surface area (Å²) in [4.78, 5) is 11.3. The number of carbonyl (C=O) groups is 1. The molecule has 0 amide bonds. The van der Waals surface area contributed by atoms with Gasteiger partial charge in [-0.2, -0.15) is 5.26 Å². The van der Waals surface area contributed by atoms with Gasteiger partial charge in [0.25, 0.3) is 0 Å². The molecule has 5 heteroatoms. The Morgan fingerprint density at radius 1 is 1.64 bits per heavy atom. The van der Waals surface area contributed by atoms with Gasteiger partial charge in [-0.25, -0.2) is 4.79 Å². The topological polar surface area (TPSA) is 70.3 Å². The zero-order valence-corrected chi connectivity index (χ0v) is 8.83. The number of halogens is 1. The minimum atomic E-state index is -0.663. The van der Waals surface area contributed by atoms with Crippen LogP contribution < -0.4 is 0 Å². The minimum Gasteiger partial charge on any atom is -0.507 e. The molecule has 1 aromatic carbocycles. The number of rotatable bonds is 1. The second-order valence-corrected chi connectivity index (χ2v) is 3.22. The fourth-order valence-corrected chi connectivity index (χ4v) is 1.47. The number of hydrogen-bond acceptors (Lipinski definition) is 4. The smallest absolute Gasteiger partial charge is 0.340 e. The summed E-state index contributed by atoms with van der Waals surface area (Å²) in [5.74, 6) is -0.770. The molecule has 14 heavy (non-hydrogen) atoms. The van der Waals surface area contributed by atoms with Crippen LogP contribution in [0.25, 0.3) is 0 Å². The van der Waals surface area contributed by atoms with Gasteiger partial charge in [-0.3, -0.25) is 0 Å². The number of nitriles is 1. The number of carbonyl (C=O) groups excluding carboxylic acids is 1. The van der Waals surface area contributed by atoms with Crippen LogP contribution >= 0.6 is 15.9 Å². The first-order valence-electron chi connectivity index (χ1n) is 3.61. The molecule has 0 atom stereocenters. The van der Waals surface area contributed by atoms with Crippen molar-refractivity contribution in [3.63, 3.8) is 0 Å². The van der Waals surface area contributed by atoms with Gasteiger partial charge >= 0.3 is 5.97 Å². The van der Waals surface area contributed by atoms with Crippen molar-refractivity contribution in [3.05, 3.63) is 27.7 Å². The summed E-state index contributed by atoms with van der Waals surface area (Å²) in [7, 11) is 1.21. The average Bonchev–Trinajstić information content (AvgIpc) is 2.20. The molecule has 1 N–H and O–H groups in total. The summed E-state index contributed by atoms with van der Waals surface area (Å²) in [5.41, 5.74) is 0.191. The zero-order chi connectivity index (χ0) is 10.7. The molecular weight excluding hydrogens is 250 g/mol. The molecule has 4 nitrogen and oxygen atoms in total. The van der Waals surface area contributed by atoms with Crippen LogP contribution in [0.2, 0.25) is 0 Å². The Morgan fingerprint density at radius 2 is 2.29 bits per heavy atom. The van der Waals surface area contributed by atoms with Gasteiger partial charge in [0, 0.05) is 0 Å².